The van der Waals surface area contributed by atoms with Crippen molar-refractivity contribution in [1.29, 1.82) is 0 Å². The van der Waals surface area contributed by atoms with Crippen molar-refractivity contribution in [2.24, 2.45) is 0 Å². The average molecular weight is 353 g/mol. The van der Waals surface area contributed by atoms with E-state index in [4.69, 9.17) is 5.11 Å². The van der Waals surface area contributed by atoms with Crippen LogP contribution < -0.4 is 4.90 Å². The Labute approximate surface area is 134 Å². The van der Waals surface area contributed by atoms with Crippen molar-refractivity contribution in [2.45, 2.75) is 18.9 Å². The largest absolute Gasteiger partial charge is 0.478 e. The number of carbonyl (C=O) groups is 1. The van der Waals surface area contributed by atoms with Crippen LogP contribution in [-0.4, -0.2) is 49.2 Å². The summed E-state index contributed by atoms with van der Waals surface area (Å²) >= 11 is 3.45. The van der Waals surface area contributed by atoms with Gasteiger partial charge in [0.2, 0.25) is 0 Å². The summed E-state index contributed by atoms with van der Waals surface area (Å²) in [6, 6.07) is 6.66. The van der Waals surface area contributed by atoms with Gasteiger partial charge in [-0.05, 0) is 56.8 Å². The van der Waals surface area contributed by atoms with Crippen LogP contribution in [0, 0.1) is 0 Å². The zero-order valence-corrected chi connectivity index (χ0v) is 14.0. The van der Waals surface area contributed by atoms with E-state index in [0.29, 0.717) is 6.04 Å². The molecule has 1 heterocycles. The summed E-state index contributed by atoms with van der Waals surface area (Å²) in [6.45, 7) is 2.00. The van der Waals surface area contributed by atoms with Crippen LogP contribution in [0.25, 0.3) is 6.08 Å². The fourth-order valence-electron chi connectivity index (χ4n) is 2.73. The molecule has 0 amide bonds. The number of hydrogen-bond donors (Lipinski definition) is 1. The smallest absolute Gasteiger partial charge is 0.328 e. The molecule has 1 aliphatic heterocycles. The van der Waals surface area contributed by atoms with Gasteiger partial charge in [-0.15, -0.1) is 0 Å². The number of carboxylic acid groups (broad SMARTS) is 1. The van der Waals surface area contributed by atoms with Crippen LogP contribution in [0.3, 0.4) is 0 Å². The van der Waals surface area contributed by atoms with Gasteiger partial charge in [-0.3, -0.25) is 0 Å². The number of aliphatic carboxylic acids is 1. The molecule has 1 aromatic rings. The molecule has 0 aliphatic carbocycles. The molecule has 1 fully saturated rings. The lowest BCUT2D eigenvalue weighted by Gasteiger charge is -2.37. The van der Waals surface area contributed by atoms with Crippen LogP contribution in [0.2, 0.25) is 0 Å². The normalized spacial score (nSPS) is 16.9. The van der Waals surface area contributed by atoms with E-state index in [1.807, 2.05) is 12.1 Å². The van der Waals surface area contributed by atoms with Crippen molar-refractivity contribution in [3.05, 3.63) is 34.3 Å². The summed E-state index contributed by atoms with van der Waals surface area (Å²) in [4.78, 5) is 15.4. The van der Waals surface area contributed by atoms with Gasteiger partial charge < -0.3 is 14.9 Å². The average Bonchev–Trinajstić information content (AvgIpc) is 2.45. The first-order valence-electron chi connectivity index (χ1n) is 7.09. The topological polar surface area (TPSA) is 43.8 Å². The Balaban J connectivity index is 2.18. The summed E-state index contributed by atoms with van der Waals surface area (Å²) in [7, 11) is 4.25. The van der Waals surface area contributed by atoms with Crippen molar-refractivity contribution in [3.8, 4) is 0 Å². The highest BCUT2D eigenvalue weighted by Crippen LogP contribution is 2.29. The van der Waals surface area contributed by atoms with Crippen LogP contribution in [-0.2, 0) is 4.79 Å². The van der Waals surface area contributed by atoms with Gasteiger partial charge in [0.25, 0.3) is 0 Å². The van der Waals surface area contributed by atoms with E-state index >= 15 is 0 Å². The van der Waals surface area contributed by atoms with Gasteiger partial charge in [-0.2, -0.15) is 0 Å². The van der Waals surface area contributed by atoms with E-state index in [1.165, 1.54) is 6.08 Å². The third kappa shape index (κ3) is 4.32. The first kappa shape index (κ1) is 16.0. The molecule has 0 radical (unpaired) electrons. The zero-order chi connectivity index (χ0) is 15.4. The SMILES string of the molecule is CN(C)C1CCN(c2ccc(Br)cc2/C=C/C(=O)O)CC1. The highest BCUT2D eigenvalue weighted by atomic mass is 79.9. The van der Waals surface area contributed by atoms with E-state index in [0.717, 1.165) is 41.7 Å². The van der Waals surface area contributed by atoms with Crippen molar-refractivity contribution in [1.82, 2.24) is 4.90 Å². The Morgan fingerprint density at radius 3 is 2.62 bits per heavy atom. The van der Waals surface area contributed by atoms with E-state index < -0.39 is 5.97 Å². The molecule has 1 saturated heterocycles. The number of anilines is 1. The quantitative estimate of drug-likeness (QED) is 0.845. The third-order valence-corrected chi connectivity index (χ3v) is 4.42. The number of halogens is 1. The van der Waals surface area contributed by atoms with Crippen molar-refractivity contribution in [2.75, 3.05) is 32.1 Å². The minimum Gasteiger partial charge on any atom is -0.478 e. The maximum Gasteiger partial charge on any atom is 0.328 e. The maximum atomic E-state index is 10.7. The number of hydrogen-bond acceptors (Lipinski definition) is 3. The van der Waals surface area contributed by atoms with Crippen LogP contribution in [0.5, 0.6) is 0 Å². The van der Waals surface area contributed by atoms with E-state index in [2.05, 4.69) is 45.9 Å². The number of carboxylic acids is 1. The fraction of sp³-hybridized carbons (Fsp3) is 0.438. The monoisotopic (exact) mass is 352 g/mol. The lowest BCUT2D eigenvalue weighted by molar-refractivity contribution is -0.131. The van der Waals surface area contributed by atoms with Gasteiger partial charge in [0.05, 0.1) is 0 Å². The summed E-state index contributed by atoms with van der Waals surface area (Å²) in [5.74, 6) is -0.924. The first-order chi connectivity index (χ1) is 9.97. The van der Waals surface area contributed by atoms with Gasteiger partial charge in [0, 0.05) is 35.4 Å². The molecule has 0 atom stereocenters. The lowest BCUT2D eigenvalue weighted by atomic mass is 10.0. The molecule has 21 heavy (non-hydrogen) atoms. The second-order valence-electron chi connectivity index (χ2n) is 5.56. The number of benzene rings is 1. The molecule has 2 rings (SSSR count). The third-order valence-electron chi connectivity index (χ3n) is 3.93. The Morgan fingerprint density at radius 1 is 1.38 bits per heavy atom. The molecule has 0 unspecified atom stereocenters. The Kier molecular flexibility index (Phi) is 5.42. The molecule has 0 saturated carbocycles. The molecule has 1 aromatic carbocycles. The fourth-order valence-corrected chi connectivity index (χ4v) is 3.11. The van der Waals surface area contributed by atoms with Crippen LogP contribution in [0.4, 0.5) is 5.69 Å². The van der Waals surface area contributed by atoms with Crippen molar-refractivity contribution >= 4 is 33.7 Å². The summed E-state index contributed by atoms with van der Waals surface area (Å²) < 4.78 is 0.958. The molecular weight excluding hydrogens is 332 g/mol. The molecule has 5 heteroatoms. The molecule has 114 valence electrons. The predicted molar refractivity (Wildman–Crippen MR) is 89.7 cm³/mol. The van der Waals surface area contributed by atoms with Crippen molar-refractivity contribution < 1.29 is 9.90 Å². The molecular formula is C16H21BrN2O2. The van der Waals surface area contributed by atoms with E-state index in [9.17, 15) is 4.79 Å². The number of piperidine rings is 1. The minimum atomic E-state index is -0.924. The molecule has 1 aliphatic rings. The Morgan fingerprint density at radius 2 is 2.05 bits per heavy atom. The van der Waals surface area contributed by atoms with Gasteiger partial charge in [-0.1, -0.05) is 15.9 Å². The Hall–Kier alpha value is -1.33. The molecule has 0 bridgehead atoms. The number of nitrogens with zero attached hydrogens (tertiary/aromatic N) is 2. The zero-order valence-electron chi connectivity index (χ0n) is 12.4. The predicted octanol–water partition coefficient (Wildman–Crippen LogP) is 3.08. The van der Waals surface area contributed by atoms with Gasteiger partial charge >= 0.3 is 5.97 Å². The van der Waals surface area contributed by atoms with Crippen molar-refractivity contribution in [3.63, 3.8) is 0 Å². The first-order valence-corrected chi connectivity index (χ1v) is 7.88. The second-order valence-corrected chi connectivity index (χ2v) is 6.47. The van der Waals surface area contributed by atoms with E-state index in [-0.39, 0.29) is 0 Å². The highest BCUT2D eigenvalue weighted by Gasteiger charge is 2.21. The molecule has 0 spiro atoms. The maximum absolute atomic E-state index is 10.7. The highest BCUT2D eigenvalue weighted by molar-refractivity contribution is 9.10. The minimum absolute atomic E-state index is 0.634. The van der Waals surface area contributed by atoms with Crippen LogP contribution in [0.1, 0.15) is 18.4 Å². The molecule has 4 nitrogen and oxygen atoms in total. The summed E-state index contributed by atoms with van der Waals surface area (Å²) in [5, 5.41) is 8.82. The molecule has 1 N–H and O–H groups in total. The Bertz CT molecular complexity index is 535. The van der Waals surface area contributed by atoms with Crippen LogP contribution in [0.15, 0.2) is 28.7 Å². The van der Waals surface area contributed by atoms with E-state index in [1.54, 1.807) is 6.08 Å². The van der Waals surface area contributed by atoms with Gasteiger partial charge in [0.15, 0.2) is 0 Å². The van der Waals surface area contributed by atoms with Gasteiger partial charge in [0.1, 0.15) is 0 Å². The second kappa shape index (κ2) is 7.09. The number of rotatable bonds is 4. The molecule has 0 aromatic heterocycles. The summed E-state index contributed by atoms with van der Waals surface area (Å²) in [6.07, 6.45) is 5.12. The van der Waals surface area contributed by atoms with Crippen LogP contribution >= 0.6 is 15.9 Å². The lowest BCUT2D eigenvalue weighted by Crippen LogP contribution is -2.42. The summed E-state index contributed by atoms with van der Waals surface area (Å²) in [5.41, 5.74) is 2.04. The standard InChI is InChI=1S/C16H21BrN2O2/c1-18(2)14-7-9-19(10-8-14)15-5-4-13(17)11-12(15)3-6-16(20)21/h3-6,11,14H,7-10H2,1-2H3,(H,20,21)/b6-3+. The van der Waals surface area contributed by atoms with Gasteiger partial charge in [-0.25, -0.2) is 4.79 Å².